The number of carbonyl (C=O) groups is 6. The maximum Gasteiger partial charge on any atom is 0.333 e. The molecule has 0 bridgehead atoms. The van der Waals surface area contributed by atoms with Crippen molar-refractivity contribution < 1.29 is 60.2 Å². The third-order valence-electron chi connectivity index (χ3n) is 4.63. The summed E-state index contributed by atoms with van der Waals surface area (Å²) >= 11 is -2.57. The van der Waals surface area contributed by atoms with Gasteiger partial charge in [-0.3, -0.25) is 23.7 Å². The quantitative estimate of drug-likeness (QED) is 0.141. The van der Waals surface area contributed by atoms with Gasteiger partial charge in [-0.15, -0.1) is 10.1 Å². The van der Waals surface area contributed by atoms with Crippen molar-refractivity contribution >= 4 is 56.8 Å². The van der Waals surface area contributed by atoms with Gasteiger partial charge in [-0.1, -0.05) is 12.8 Å². The van der Waals surface area contributed by atoms with Crippen molar-refractivity contribution in [2.45, 2.75) is 61.9 Å². The first-order valence-corrected chi connectivity index (χ1v) is 12.2. The fourth-order valence-corrected chi connectivity index (χ4v) is 4.19. The SMILES string of the molecule is O=C(CCCCCCC(=O)ON1C(=O)CC(S(=O)(=O)O)C1=O)ON1C(=O)CC(S(=O)O)C1=O. The molecule has 15 nitrogen and oxygen atoms in total. The molecule has 0 saturated carbocycles. The zero-order valence-electron chi connectivity index (χ0n) is 16.9. The molecule has 3 atom stereocenters. The first kappa shape index (κ1) is 26.5. The molecular weight excluding hydrogens is 492 g/mol. The van der Waals surface area contributed by atoms with Gasteiger partial charge in [-0.25, -0.2) is 13.8 Å². The highest BCUT2D eigenvalue weighted by molar-refractivity contribution is 7.87. The summed E-state index contributed by atoms with van der Waals surface area (Å²) in [5.41, 5.74) is 0. The summed E-state index contributed by atoms with van der Waals surface area (Å²) in [6.45, 7) is 0. The second-order valence-electron chi connectivity index (χ2n) is 7.07. The van der Waals surface area contributed by atoms with Gasteiger partial charge in [-0.05, 0) is 12.8 Å². The first-order valence-electron chi connectivity index (χ1n) is 9.54. The van der Waals surface area contributed by atoms with Crippen LogP contribution in [0.5, 0.6) is 0 Å². The van der Waals surface area contributed by atoms with Crippen molar-refractivity contribution in [3.63, 3.8) is 0 Å². The van der Waals surface area contributed by atoms with Gasteiger partial charge in [0.1, 0.15) is 0 Å². The Morgan fingerprint density at radius 1 is 0.879 bits per heavy atom. The van der Waals surface area contributed by atoms with Crippen LogP contribution in [0, 0.1) is 0 Å². The second kappa shape index (κ2) is 10.9. The number of unbranched alkanes of at least 4 members (excludes halogenated alkanes) is 3. The number of hydrogen-bond donors (Lipinski definition) is 2. The molecule has 0 spiro atoms. The molecule has 4 amide bonds. The van der Waals surface area contributed by atoms with E-state index in [4.69, 9.17) is 9.11 Å². The normalized spacial score (nSPS) is 22.1. The van der Waals surface area contributed by atoms with Crippen LogP contribution < -0.4 is 0 Å². The molecule has 2 aliphatic heterocycles. The summed E-state index contributed by atoms with van der Waals surface area (Å²) < 4.78 is 50.9. The van der Waals surface area contributed by atoms with Crippen LogP contribution in [-0.2, 0) is 59.6 Å². The van der Waals surface area contributed by atoms with Crippen molar-refractivity contribution in [3.8, 4) is 0 Å². The highest BCUT2D eigenvalue weighted by Crippen LogP contribution is 2.21. The first-order chi connectivity index (χ1) is 15.3. The Kier molecular flexibility index (Phi) is 8.76. The Balaban J connectivity index is 1.63. The molecule has 184 valence electrons. The number of hydrogen-bond acceptors (Lipinski definition) is 11. The van der Waals surface area contributed by atoms with Gasteiger partial charge in [-0.2, -0.15) is 8.42 Å². The zero-order valence-corrected chi connectivity index (χ0v) is 18.5. The van der Waals surface area contributed by atoms with Crippen LogP contribution in [0.3, 0.4) is 0 Å². The zero-order chi connectivity index (χ0) is 24.9. The van der Waals surface area contributed by atoms with E-state index in [9.17, 15) is 41.4 Å². The van der Waals surface area contributed by atoms with Crippen molar-refractivity contribution in [3.05, 3.63) is 0 Å². The van der Waals surface area contributed by atoms with Gasteiger partial charge >= 0.3 is 11.9 Å². The lowest BCUT2D eigenvalue weighted by Crippen LogP contribution is -2.36. The summed E-state index contributed by atoms with van der Waals surface area (Å²) in [4.78, 5) is 79.4. The molecule has 2 N–H and O–H groups in total. The van der Waals surface area contributed by atoms with Crippen molar-refractivity contribution in [1.29, 1.82) is 0 Å². The van der Waals surface area contributed by atoms with E-state index in [-0.39, 0.29) is 35.8 Å². The molecule has 33 heavy (non-hydrogen) atoms. The smallest absolute Gasteiger partial charge is 0.330 e. The number of carbonyl (C=O) groups excluding carboxylic acids is 6. The molecule has 3 unspecified atom stereocenters. The van der Waals surface area contributed by atoms with E-state index < -0.39 is 80.1 Å². The van der Waals surface area contributed by atoms with Gasteiger partial charge < -0.3 is 14.2 Å². The summed E-state index contributed by atoms with van der Waals surface area (Å²) in [6.07, 6.45) is -0.468. The fraction of sp³-hybridized carbons (Fsp3) is 0.625. The van der Waals surface area contributed by atoms with E-state index in [1.807, 2.05) is 0 Å². The number of hydroxylamine groups is 4. The summed E-state index contributed by atoms with van der Waals surface area (Å²) in [6, 6.07) is 0. The van der Waals surface area contributed by atoms with E-state index in [2.05, 4.69) is 9.68 Å². The van der Waals surface area contributed by atoms with Gasteiger partial charge in [0, 0.05) is 12.8 Å². The van der Waals surface area contributed by atoms with Gasteiger partial charge in [0.25, 0.3) is 33.7 Å². The Morgan fingerprint density at radius 2 is 1.33 bits per heavy atom. The third-order valence-corrected chi connectivity index (χ3v) is 6.57. The lowest BCUT2D eigenvalue weighted by molar-refractivity contribution is -0.197. The Morgan fingerprint density at radius 3 is 1.73 bits per heavy atom. The lowest BCUT2D eigenvalue weighted by atomic mass is 10.1. The van der Waals surface area contributed by atoms with Crippen LogP contribution in [0.15, 0.2) is 0 Å². The molecular formula is C16H20N2O13S2. The largest absolute Gasteiger partial charge is 0.333 e. The van der Waals surface area contributed by atoms with E-state index in [0.717, 1.165) is 0 Å². The number of amides is 4. The second-order valence-corrected chi connectivity index (χ2v) is 9.79. The fourth-order valence-electron chi connectivity index (χ4n) is 2.93. The molecule has 2 saturated heterocycles. The summed E-state index contributed by atoms with van der Waals surface area (Å²) in [5.74, 6) is -6.31. The minimum atomic E-state index is -4.81. The predicted molar refractivity (Wildman–Crippen MR) is 103 cm³/mol. The topological polar surface area (TPSA) is 219 Å². The summed E-state index contributed by atoms with van der Waals surface area (Å²) in [7, 11) is -4.81. The van der Waals surface area contributed by atoms with Crippen LogP contribution in [0.2, 0.25) is 0 Å². The molecule has 0 aromatic rings. The van der Waals surface area contributed by atoms with Gasteiger partial charge in [0.05, 0.1) is 12.8 Å². The monoisotopic (exact) mass is 512 g/mol. The van der Waals surface area contributed by atoms with Crippen LogP contribution in [0.25, 0.3) is 0 Å². The lowest BCUT2D eigenvalue weighted by Gasteiger charge is -2.13. The van der Waals surface area contributed by atoms with Crippen LogP contribution in [-0.4, -0.2) is 77.9 Å². The predicted octanol–water partition coefficient (Wildman–Crippen LogP) is -1.39. The molecule has 0 aromatic carbocycles. The third kappa shape index (κ3) is 6.86. The molecule has 0 radical (unpaired) electrons. The maximum atomic E-state index is 11.8. The highest BCUT2D eigenvalue weighted by atomic mass is 32.2. The number of rotatable bonds is 11. The minimum Gasteiger partial charge on any atom is -0.330 e. The van der Waals surface area contributed by atoms with E-state index in [1.54, 1.807) is 0 Å². The van der Waals surface area contributed by atoms with Crippen LogP contribution in [0.4, 0.5) is 0 Å². The van der Waals surface area contributed by atoms with Gasteiger partial charge in [0.15, 0.2) is 21.6 Å². The van der Waals surface area contributed by atoms with Crippen molar-refractivity contribution in [2.75, 3.05) is 0 Å². The molecule has 2 aliphatic rings. The molecule has 2 heterocycles. The average molecular weight is 512 g/mol. The summed E-state index contributed by atoms with van der Waals surface area (Å²) in [5, 5.41) is -3.31. The Bertz CT molecular complexity index is 992. The molecule has 0 aromatic heterocycles. The van der Waals surface area contributed by atoms with Gasteiger partial charge in [0.2, 0.25) is 0 Å². The average Bonchev–Trinajstić information content (AvgIpc) is 3.15. The highest BCUT2D eigenvalue weighted by Gasteiger charge is 2.48. The van der Waals surface area contributed by atoms with Crippen molar-refractivity contribution in [2.24, 2.45) is 0 Å². The van der Waals surface area contributed by atoms with Crippen LogP contribution in [0.1, 0.15) is 51.4 Å². The molecule has 17 heteroatoms. The van der Waals surface area contributed by atoms with E-state index >= 15 is 0 Å². The van der Waals surface area contributed by atoms with Crippen molar-refractivity contribution in [1.82, 2.24) is 10.1 Å². The minimum absolute atomic E-state index is 0.00855. The Labute approximate surface area is 189 Å². The van der Waals surface area contributed by atoms with E-state index in [1.165, 1.54) is 0 Å². The number of nitrogens with zero attached hydrogens (tertiary/aromatic N) is 2. The number of imide groups is 2. The molecule has 2 rings (SSSR count). The maximum absolute atomic E-state index is 11.8. The Hall–Kier alpha value is -2.76. The van der Waals surface area contributed by atoms with E-state index in [0.29, 0.717) is 12.8 Å². The molecule has 2 fully saturated rings. The standard InChI is InChI=1S/C16H20N2O13S2/c19-11-7-9(32(25)26)15(23)17(11)30-13(21)5-3-1-2-4-6-14(22)31-18-12(20)8-10(16(18)24)33(27,28)29/h9-10H,1-8H2,(H,25,26)(H,27,28,29). The molecule has 0 aliphatic carbocycles. The van der Waals surface area contributed by atoms with Crippen LogP contribution >= 0.6 is 0 Å².